The van der Waals surface area contributed by atoms with Crippen LogP contribution in [0.5, 0.6) is 5.75 Å². The van der Waals surface area contributed by atoms with Crippen LogP contribution < -0.4 is 4.74 Å². The van der Waals surface area contributed by atoms with Crippen molar-refractivity contribution in [2.24, 2.45) is 11.8 Å². The molecular formula is C20H27N3O3S. The van der Waals surface area contributed by atoms with Gasteiger partial charge in [0.25, 0.3) is 11.1 Å². The maximum Gasteiger partial charge on any atom is 0.277 e. The third kappa shape index (κ3) is 5.48. The van der Waals surface area contributed by atoms with Crippen molar-refractivity contribution in [3.8, 4) is 5.75 Å². The van der Waals surface area contributed by atoms with Crippen molar-refractivity contribution in [1.82, 2.24) is 15.1 Å². The Balaban J connectivity index is 1.52. The van der Waals surface area contributed by atoms with Gasteiger partial charge in [-0.15, -0.1) is 10.2 Å². The summed E-state index contributed by atoms with van der Waals surface area (Å²) in [5.41, 5.74) is 1.18. The predicted molar refractivity (Wildman–Crippen MR) is 105 cm³/mol. The van der Waals surface area contributed by atoms with Crippen molar-refractivity contribution in [3.63, 3.8) is 0 Å². The number of carbonyl (C=O) groups is 1. The molecule has 2 aromatic rings. The highest BCUT2D eigenvalue weighted by Crippen LogP contribution is 2.27. The Morgan fingerprint density at radius 3 is 2.59 bits per heavy atom. The number of aromatic nitrogens is 2. The molecule has 3 unspecified atom stereocenters. The molecule has 7 heteroatoms. The van der Waals surface area contributed by atoms with E-state index in [1.54, 1.807) is 0 Å². The zero-order valence-electron chi connectivity index (χ0n) is 16.3. The summed E-state index contributed by atoms with van der Waals surface area (Å²) in [5.74, 6) is 2.38. The summed E-state index contributed by atoms with van der Waals surface area (Å²) in [5, 5.41) is 8.19. The second-order valence-corrected chi connectivity index (χ2v) is 8.80. The number of benzene rings is 1. The first-order valence-electron chi connectivity index (χ1n) is 9.38. The van der Waals surface area contributed by atoms with Crippen molar-refractivity contribution < 1.29 is 13.9 Å². The smallest absolute Gasteiger partial charge is 0.277 e. The maximum atomic E-state index is 12.7. The van der Waals surface area contributed by atoms with Crippen molar-refractivity contribution in [1.29, 1.82) is 0 Å². The number of thioether (sulfide) groups is 1. The summed E-state index contributed by atoms with van der Waals surface area (Å²) in [6.45, 7) is 10.2. The minimum atomic E-state index is -0.256. The Hall–Kier alpha value is -2.02. The van der Waals surface area contributed by atoms with Gasteiger partial charge in [-0.3, -0.25) is 4.79 Å². The van der Waals surface area contributed by atoms with Gasteiger partial charge in [-0.25, -0.2) is 0 Å². The summed E-state index contributed by atoms with van der Waals surface area (Å²) in [4.78, 5) is 14.7. The zero-order chi connectivity index (χ0) is 19.4. The van der Waals surface area contributed by atoms with E-state index in [1.165, 1.54) is 23.7 Å². The third-order valence-electron chi connectivity index (χ3n) is 4.64. The fourth-order valence-electron chi connectivity index (χ4n) is 3.43. The molecule has 1 saturated heterocycles. The lowest BCUT2D eigenvalue weighted by atomic mass is 9.92. The number of piperidine rings is 1. The summed E-state index contributed by atoms with van der Waals surface area (Å²) in [7, 11) is 0. The molecule has 0 bridgehead atoms. The normalized spacial score (nSPS) is 21.1. The Bertz CT molecular complexity index is 752. The molecule has 0 N–H and O–H groups in total. The lowest BCUT2D eigenvalue weighted by Gasteiger charge is -2.36. The fraction of sp³-hybridized carbons (Fsp3) is 0.550. The minimum Gasteiger partial charge on any atom is -0.484 e. The monoisotopic (exact) mass is 389 g/mol. The van der Waals surface area contributed by atoms with Crippen LogP contribution in [0.2, 0.25) is 0 Å². The molecule has 27 heavy (non-hydrogen) atoms. The van der Waals surface area contributed by atoms with E-state index in [1.807, 2.05) is 43.0 Å². The molecule has 6 nitrogen and oxygen atoms in total. The first-order valence-corrected chi connectivity index (χ1v) is 10.3. The van der Waals surface area contributed by atoms with Crippen LogP contribution in [0.4, 0.5) is 0 Å². The topological polar surface area (TPSA) is 68.5 Å². The summed E-state index contributed by atoms with van der Waals surface area (Å²) in [6.07, 6.45) is 1.18. The minimum absolute atomic E-state index is 0.133. The number of nitrogens with zero attached hydrogens (tertiary/aromatic N) is 3. The number of amides is 1. The predicted octanol–water partition coefficient (Wildman–Crippen LogP) is 3.94. The van der Waals surface area contributed by atoms with Crippen molar-refractivity contribution in [2.75, 3.05) is 13.1 Å². The van der Waals surface area contributed by atoms with E-state index in [2.05, 4.69) is 24.0 Å². The molecule has 0 aliphatic carbocycles. The van der Waals surface area contributed by atoms with Gasteiger partial charge in [0.05, 0.1) is 5.25 Å². The summed E-state index contributed by atoms with van der Waals surface area (Å²) >= 11 is 1.31. The molecule has 3 atom stereocenters. The van der Waals surface area contributed by atoms with Crippen LogP contribution in [0.25, 0.3) is 0 Å². The first-order chi connectivity index (χ1) is 12.9. The first kappa shape index (κ1) is 19.7. The fourth-order valence-corrected chi connectivity index (χ4v) is 4.21. The largest absolute Gasteiger partial charge is 0.484 e. The van der Waals surface area contributed by atoms with Gasteiger partial charge in [-0.1, -0.05) is 43.3 Å². The molecule has 1 aromatic heterocycles. The summed E-state index contributed by atoms with van der Waals surface area (Å²) < 4.78 is 11.3. The third-order valence-corrected chi connectivity index (χ3v) is 5.56. The average molecular weight is 390 g/mol. The average Bonchev–Trinajstić information content (AvgIpc) is 3.07. The van der Waals surface area contributed by atoms with Crippen LogP contribution in [0.3, 0.4) is 0 Å². The number of likely N-dealkylation sites (tertiary alicyclic amines) is 1. The number of aryl methyl sites for hydroxylation is 1. The highest BCUT2D eigenvalue weighted by atomic mass is 32.2. The molecule has 0 spiro atoms. The van der Waals surface area contributed by atoms with Crippen LogP contribution in [-0.2, 0) is 11.4 Å². The zero-order valence-corrected chi connectivity index (χ0v) is 17.2. The second kappa shape index (κ2) is 8.78. The van der Waals surface area contributed by atoms with Crippen molar-refractivity contribution in [2.45, 2.75) is 51.2 Å². The molecule has 1 aromatic carbocycles. The van der Waals surface area contributed by atoms with Crippen LogP contribution in [0.1, 0.15) is 38.6 Å². The van der Waals surface area contributed by atoms with Gasteiger partial charge < -0.3 is 14.1 Å². The molecule has 146 valence electrons. The van der Waals surface area contributed by atoms with E-state index in [0.717, 1.165) is 18.8 Å². The Labute approximate surface area is 164 Å². The van der Waals surface area contributed by atoms with E-state index in [-0.39, 0.29) is 17.8 Å². The molecule has 1 aliphatic rings. The van der Waals surface area contributed by atoms with Gasteiger partial charge in [-0.05, 0) is 44.2 Å². The summed E-state index contributed by atoms with van der Waals surface area (Å²) in [6, 6.07) is 7.78. The Morgan fingerprint density at radius 1 is 1.26 bits per heavy atom. The Morgan fingerprint density at radius 2 is 1.93 bits per heavy atom. The van der Waals surface area contributed by atoms with Gasteiger partial charge in [0.1, 0.15) is 5.75 Å². The molecule has 1 amide bonds. The number of ether oxygens (including phenoxy) is 1. The van der Waals surface area contributed by atoms with Gasteiger partial charge in [-0.2, -0.15) is 0 Å². The van der Waals surface area contributed by atoms with Crippen molar-refractivity contribution >= 4 is 17.7 Å². The molecular weight excluding hydrogens is 362 g/mol. The van der Waals surface area contributed by atoms with E-state index < -0.39 is 0 Å². The van der Waals surface area contributed by atoms with Gasteiger partial charge >= 0.3 is 0 Å². The van der Waals surface area contributed by atoms with Crippen molar-refractivity contribution in [3.05, 3.63) is 35.7 Å². The van der Waals surface area contributed by atoms with Crippen LogP contribution >= 0.6 is 11.8 Å². The number of hydrogen-bond donors (Lipinski definition) is 0. The van der Waals surface area contributed by atoms with Gasteiger partial charge in [0.15, 0.2) is 6.61 Å². The lowest BCUT2D eigenvalue weighted by molar-refractivity contribution is -0.132. The number of carbonyl (C=O) groups excluding carboxylic acids is 1. The van der Waals surface area contributed by atoms with E-state index in [0.29, 0.717) is 22.9 Å². The maximum absolute atomic E-state index is 12.7. The van der Waals surface area contributed by atoms with Crippen LogP contribution in [-0.4, -0.2) is 39.3 Å². The molecule has 3 rings (SSSR count). The number of hydrogen-bond acceptors (Lipinski definition) is 6. The van der Waals surface area contributed by atoms with E-state index in [9.17, 15) is 4.79 Å². The SMILES string of the molecule is Cc1ccc(OCc2nnc(SC(C)C(=O)N3CC(C)CC(C)C3)o2)cc1. The number of rotatable bonds is 6. The molecule has 0 radical (unpaired) electrons. The molecule has 1 aliphatic heterocycles. The Kier molecular flexibility index (Phi) is 6.42. The molecule has 0 saturated carbocycles. The van der Waals surface area contributed by atoms with E-state index >= 15 is 0 Å². The van der Waals surface area contributed by atoms with Crippen LogP contribution in [0, 0.1) is 18.8 Å². The quantitative estimate of drug-likeness (QED) is 0.697. The highest BCUT2D eigenvalue weighted by Gasteiger charge is 2.29. The molecule has 1 fully saturated rings. The standard InChI is InChI=1S/C20H27N3O3S/c1-13-5-7-17(8-6-13)25-12-18-21-22-20(26-18)27-16(4)19(24)23-10-14(2)9-15(3)11-23/h5-8,14-16H,9-12H2,1-4H3. The lowest BCUT2D eigenvalue weighted by Crippen LogP contribution is -2.45. The second-order valence-electron chi connectivity index (χ2n) is 7.51. The van der Waals surface area contributed by atoms with E-state index in [4.69, 9.17) is 9.15 Å². The van der Waals surface area contributed by atoms with Gasteiger partial charge in [0.2, 0.25) is 5.91 Å². The highest BCUT2D eigenvalue weighted by molar-refractivity contribution is 8.00. The molecule has 2 heterocycles. The van der Waals surface area contributed by atoms with Gasteiger partial charge in [0, 0.05) is 13.1 Å². The van der Waals surface area contributed by atoms with Crippen LogP contribution in [0.15, 0.2) is 33.9 Å².